The molecule has 1 aromatic heterocycles. The molecule has 8 aromatic rings. The van der Waals surface area contributed by atoms with Crippen LogP contribution in [0, 0.1) is 0 Å². The lowest BCUT2D eigenvalue weighted by Crippen LogP contribution is -1.99. The van der Waals surface area contributed by atoms with E-state index in [4.69, 9.17) is 12.3 Å². The summed E-state index contributed by atoms with van der Waals surface area (Å²) in [5.74, 6) is 0. The van der Waals surface area contributed by atoms with Crippen LogP contribution in [-0.2, 0) is 0 Å². The molecule has 0 bridgehead atoms. The highest BCUT2D eigenvalue weighted by molar-refractivity contribution is 6.32. The molecule has 2 radical (unpaired) electrons. The summed E-state index contributed by atoms with van der Waals surface area (Å²) < 4.78 is 6.62. The van der Waals surface area contributed by atoms with E-state index in [9.17, 15) is 0 Å². The van der Waals surface area contributed by atoms with Crippen LogP contribution in [0.25, 0.3) is 76.9 Å². The summed E-state index contributed by atoms with van der Waals surface area (Å²) in [5.41, 5.74) is 9.57. The summed E-state index contributed by atoms with van der Waals surface area (Å²) in [6.07, 6.45) is 0. The van der Waals surface area contributed by atoms with E-state index < -0.39 is 0 Å². The fraction of sp³-hybridized carbons (Fsp3) is 0. The van der Waals surface area contributed by atoms with Gasteiger partial charge in [-0.25, -0.2) is 0 Å². The van der Waals surface area contributed by atoms with Crippen molar-refractivity contribution in [2.24, 2.45) is 0 Å². The molecule has 0 amide bonds. The van der Waals surface area contributed by atoms with Crippen LogP contribution in [0.5, 0.6) is 0 Å². The van der Waals surface area contributed by atoms with Gasteiger partial charge >= 0.3 is 0 Å². The fourth-order valence-electron chi connectivity index (χ4n) is 6.20. The second-order valence-electron chi connectivity index (χ2n) is 10.3. The van der Waals surface area contributed by atoms with Crippen LogP contribution in [0.15, 0.2) is 144 Å². The average molecular weight is 506 g/mol. The smallest absolute Gasteiger partial charge is 0.143 e. The third kappa shape index (κ3) is 3.50. The molecule has 184 valence electrons. The van der Waals surface area contributed by atoms with Gasteiger partial charge in [-0.2, -0.15) is 0 Å². The molecule has 0 aliphatic rings. The quantitative estimate of drug-likeness (QED) is 0.172. The SMILES string of the molecule is [B]c1ccc(-c2cccc3c2oc2cc(-c4c5ccccc5c(-c5ccccc5)c5ccccc45)ccc23)cc1. The Morgan fingerprint density at radius 2 is 0.950 bits per heavy atom. The Bertz CT molecular complexity index is 2150. The molecule has 8 rings (SSSR count). The van der Waals surface area contributed by atoms with Gasteiger partial charge < -0.3 is 4.42 Å². The molecule has 0 saturated carbocycles. The molecule has 0 spiro atoms. The molecule has 0 N–H and O–H groups in total. The van der Waals surface area contributed by atoms with E-state index in [1.807, 2.05) is 12.1 Å². The number of benzene rings is 7. The van der Waals surface area contributed by atoms with Crippen LogP contribution >= 0.6 is 0 Å². The van der Waals surface area contributed by atoms with E-state index in [0.717, 1.165) is 44.1 Å². The van der Waals surface area contributed by atoms with Crippen molar-refractivity contribution in [1.82, 2.24) is 0 Å². The lowest BCUT2D eigenvalue weighted by atomic mass is 9.86. The van der Waals surface area contributed by atoms with Crippen molar-refractivity contribution >= 4 is 56.8 Å². The first-order valence-electron chi connectivity index (χ1n) is 13.6. The first-order valence-corrected chi connectivity index (χ1v) is 13.6. The highest BCUT2D eigenvalue weighted by Gasteiger charge is 2.18. The second-order valence-corrected chi connectivity index (χ2v) is 10.3. The Balaban J connectivity index is 1.41. The van der Waals surface area contributed by atoms with Gasteiger partial charge in [0.1, 0.15) is 19.0 Å². The zero-order valence-electron chi connectivity index (χ0n) is 21.8. The largest absolute Gasteiger partial charge is 0.455 e. The third-order valence-corrected chi connectivity index (χ3v) is 8.00. The van der Waals surface area contributed by atoms with Crippen molar-refractivity contribution in [1.29, 1.82) is 0 Å². The number of para-hydroxylation sites is 1. The van der Waals surface area contributed by atoms with E-state index in [1.165, 1.54) is 38.2 Å². The number of hydrogen-bond donors (Lipinski definition) is 0. The minimum Gasteiger partial charge on any atom is -0.455 e. The van der Waals surface area contributed by atoms with Gasteiger partial charge in [0.15, 0.2) is 0 Å². The van der Waals surface area contributed by atoms with Crippen LogP contribution in [0.3, 0.4) is 0 Å². The molecule has 40 heavy (non-hydrogen) atoms. The normalized spacial score (nSPS) is 11.6. The maximum Gasteiger partial charge on any atom is 0.143 e. The molecular weight excluding hydrogens is 483 g/mol. The Labute approximate surface area is 233 Å². The molecule has 7 aromatic carbocycles. The van der Waals surface area contributed by atoms with Gasteiger partial charge in [-0.1, -0.05) is 133 Å². The number of rotatable bonds is 3. The maximum absolute atomic E-state index is 6.62. The molecule has 0 fully saturated rings. The van der Waals surface area contributed by atoms with Crippen LogP contribution in [0.2, 0.25) is 0 Å². The molecule has 2 heteroatoms. The van der Waals surface area contributed by atoms with Crippen molar-refractivity contribution < 1.29 is 4.42 Å². The summed E-state index contributed by atoms with van der Waals surface area (Å²) in [4.78, 5) is 0. The maximum atomic E-state index is 6.62. The summed E-state index contributed by atoms with van der Waals surface area (Å²) in [6, 6.07) is 49.2. The molecule has 0 atom stereocenters. The van der Waals surface area contributed by atoms with E-state index in [2.05, 4.69) is 127 Å². The summed E-state index contributed by atoms with van der Waals surface area (Å²) in [5, 5.41) is 7.20. The third-order valence-electron chi connectivity index (χ3n) is 8.00. The monoisotopic (exact) mass is 506 g/mol. The predicted octanol–water partition coefficient (Wildman–Crippen LogP) is 9.69. The summed E-state index contributed by atoms with van der Waals surface area (Å²) in [6.45, 7) is 0. The fourth-order valence-corrected chi connectivity index (χ4v) is 6.20. The average Bonchev–Trinajstić information content (AvgIpc) is 3.39. The minimum atomic E-state index is 0.753. The topological polar surface area (TPSA) is 13.1 Å². The molecule has 0 saturated heterocycles. The molecule has 0 unspecified atom stereocenters. The molecule has 1 heterocycles. The molecule has 0 aliphatic carbocycles. The van der Waals surface area contributed by atoms with E-state index in [-0.39, 0.29) is 0 Å². The van der Waals surface area contributed by atoms with Gasteiger partial charge in [0.05, 0.1) is 0 Å². The van der Waals surface area contributed by atoms with Crippen LogP contribution in [0.4, 0.5) is 0 Å². The molecule has 1 nitrogen and oxygen atoms in total. The Hall–Kier alpha value is -5.08. The minimum absolute atomic E-state index is 0.753. The number of hydrogen-bond acceptors (Lipinski definition) is 1. The van der Waals surface area contributed by atoms with E-state index in [1.54, 1.807) is 0 Å². The van der Waals surface area contributed by atoms with Crippen LogP contribution < -0.4 is 5.46 Å². The first-order chi connectivity index (χ1) is 19.8. The molecule has 0 aliphatic heterocycles. The van der Waals surface area contributed by atoms with Crippen molar-refractivity contribution in [2.75, 3.05) is 0 Å². The number of fused-ring (bicyclic) bond motifs is 5. The van der Waals surface area contributed by atoms with E-state index >= 15 is 0 Å². The Morgan fingerprint density at radius 3 is 1.60 bits per heavy atom. The summed E-state index contributed by atoms with van der Waals surface area (Å²) >= 11 is 0. The number of furan rings is 1. The lowest BCUT2D eigenvalue weighted by Gasteiger charge is -2.17. The standard InChI is InChI=1S/C38H23BO/c39-27-20-17-24(18-21-27)28-15-8-16-34-29-22-19-26(23-35(29)40-38(28)34)37-32-13-6-4-11-30(32)36(25-9-2-1-3-10-25)31-12-5-7-14-33(31)37/h1-23H. The zero-order chi connectivity index (χ0) is 26.6. The first kappa shape index (κ1) is 22.9. The zero-order valence-corrected chi connectivity index (χ0v) is 21.8. The van der Waals surface area contributed by atoms with Crippen molar-refractivity contribution in [2.45, 2.75) is 0 Å². The van der Waals surface area contributed by atoms with Gasteiger partial charge in [-0.05, 0) is 61.5 Å². The lowest BCUT2D eigenvalue weighted by molar-refractivity contribution is 0.670. The van der Waals surface area contributed by atoms with Crippen LogP contribution in [0.1, 0.15) is 0 Å². The van der Waals surface area contributed by atoms with Crippen molar-refractivity contribution in [3.05, 3.63) is 140 Å². The Morgan fingerprint density at radius 1 is 0.400 bits per heavy atom. The van der Waals surface area contributed by atoms with Gasteiger partial charge in [0, 0.05) is 16.3 Å². The highest BCUT2D eigenvalue weighted by atomic mass is 16.3. The molecular formula is C38H23BO. The predicted molar refractivity (Wildman–Crippen MR) is 170 cm³/mol. The van der Waals surface area contributed by atoms with Gasteiger partial charge in [0.25, 0.3) is 0 Å². The van der Waals surface area contributed by atoms with E-state index in [0.29, 0.717) is 0 Å². The summed E-state index contributed by atoms with van der Waals surface area (Å²) in [7, 11) is 5.95. The highest BCUT2D eigenvalue weighted by Crippen LogP contribution is 2.45. The van der Waals surface area contributed by atoms with Crippen LogP contribution in [-0.4, -0.2) is 7.85 Å². The van der Waals surface area contributed by atoms with Gasteiger partial charge in [-0.3, -0.25) is 0 Å². The van der Waals surface area contributed by atoms with Crippen molar-refractivity contribution in [3.8, 4) is 33.4 Å². The second kappa shape index (κ2) is 9.00. The van der Waals surface area contributed by atoms with Gasteiger partial charge in [-0.15, -0.1) is 0 Å². The van der Waals surface area contributed by atoms with Crippen molar-refractivity contribution in [3.63, 3.8) is 0 Å². The Kier molecular flexibility index (Phi) is 5.15. The van der Waals surface area contributed by atoms with Gasteiger partial charge in [0.2, 0.25) is 0 Å².